The van der Waals surface area contributed by atoms with Crippen molar-refractivity contribution in [3.05, 3.63) is 63.2 Å². The number of rotatable bonds is 2. The fraction of sp³-hybridized carbons (Fsp3) is 0.0714. The molecule has 2 aromatic carbocycles. The molecule has 0 saturated heterocycles. The van der Waals surface area contributed by atoms with E-state index in [0.29, 0.717) is 11.3 Å². The third-order valence-electron chi connectivity index (χ3n) is 2.36. The maximum absolute atomic E-state index is 11.8. The van der Waals surface area contributed by atoms with Crippen molar-refractivity contribution in [2.24, 2.45) is 0 Å². The molecule has 0 spiro atoms. The molecule has 0 bridgehead atoms. The van der Waals surface area contributed by atoms with Crippen LogP contribution in [0.4, 0.5) is 0 Å². The number of halogens is 1. The van der Waals surface area contributed by atoms with Gasteiger partial charge in [-0.1, -0.05) is 24.3 Å². The zero-order valence-electron chi connectivity index (χ0n) is 9.31. The van der Waals surface area contributed by atoms with Crippen molar-refractivity contribution in [3.8, 4) is 5.75 Å². The minimum atomic E-state index is -0.328. The van der Waals surface area contributed by atoms with Crippen LogP contribution in [-0.4, -0.2) is 5.97 Å². The second kappa shape index (κ2) is 5.31. The van der Waals surface area contributed by atoms with Crippen molar-refractivity contribution >= 4 is 28.6 Å². The Labute approximate surface area is 114 Å². The molecular weight excluding hydrogens is 327 g/mol. The van der Waals surface area contributed by atoms with Gasteiger partial charge in [0.2, 0.25) is 0 Å². The summed E-state index contributed by atoms with van der Waals surface area (Å²) in [5.74, 6) is 0.249. The highest BCUT2D eigenvalue weighted by Gasteiger charge is 2.08. The molecule has 3 heteroatoms. The van der Waals surface area contributed by atoms with Gasteiger partial charge < -0.3 is 4.74 Å². The van der Waals surface area contributed by atoms with E-state index in [2.05, 4.69) is 22.6 Å². The Bertz CT molecular complexity index is 535. The van der Waals surface area contributed by atoms with E-state index in [4.69, 9.17) is 4.74 Å². The molecule has 2 aromatic rings. The summed E-state index contributed by atoms with van der Waals surface area (Å²) in [6.07, 6.45) is 0. The molecule has 0 radical (unpaired) electrons. The van der Waals surface area contributed by atoms with Gasteiger partial charge in [0, 0.05) is 3.57 Å². The van der Waals surface area contributed by atoms with Crippen LogP contribution in [0.3, 0.4) is 0 Å². The highest BCUT2D eigenvalue weighted by molar-refractivity contribution is 14.1. The quantitative estimate of drug-likeness (QED) is 0.473. The average molecular weight is 338 g/mol. The van der Waals surface area contributed by atoms with E-state index in [9.17, 15) is 4.79 Å². The van der Waals surface area contributed by atoms with E-state index in [1.807, 2.05) is 37.3 Å². The van der Waals surface area contributed by atoms with E-state index in [0.717, 1.165) is 3.57 Å². The number of esters is 1. The highest BCUT2D eigenvalue weighted by atomic mass is 127. The second-order valence-corrected chi connectivity index (χ2v) is 4.83. The van der Waals surface area contributed by atoms with E-state index < -0.39 is 0 Å². The number of carbonyl (C=O) groups is 1. The Balaban J connectivity index is 2.16. The molecule has 0 unspecified atom stereocenters. The van der Waals surface area contributed by atoms with E-state index >= 15 is 0 Å². The number of hydrogen-bond acceptors (Lipinski definition) is 2. The molecule has 0 heterocycles. The van der Waals surface area contributed by atoms with Gasteiger partial charge in [-0.3, -0.25) is 0 Å². The van der Waals surface area contributed by atoms with Crippen LogP contribution in [0.5, 0.6) is 5.75 Å². The summed E-state index contributed by atoms with van der Waals surface area (Å²) < 4.78 is 6.38. The second-order valence-electron chi connectivity index (χ2n) is 3.67. The summed E-state index contributed by atoms with van der Waals surface area (Å²) in [4.78, 5) is 11.8. The van der Waals surface area contributed by atoms with Crippen molar-refractivity contribution in [2.45, 2.75) is 6.92 Å². The van der Waals surface area contributed by atoms with Gasteiger partial charge in [0.05, 0.1) is 5.56 Å². The number of ether oxygens (including phenoxy) is 1. The Morgan fingerprint density at radius 1 is 1.12 bits per heavy atom. The minimum absolute atomic E-state index is 0.328. The fourth-order valence-corrected chi connectivity index (χ4v) is 1.86. The lowest BCUT2D eigenvalue weighted by molar-refractivity contribution is 0.0734. The number of benzene rings is 2. The third kappa shape index (κ3) is 3.06. The van der Waals surface area contributed by atoms with Gasteiger partial charge in [-0.25, -0.2) is 4.79 Å². The summed E-state index contributed by atoms with van der Waals surface area (Å²) in [6, 6.07) is 14.6. The first kappa shape index (κ1) is 12.1. The first-order valence-electron chi connectivity index (χ1n) is 5.20. The Morgan fingerprint density at radius 2 is 1.82 bits per heavy atom. The van der Waals surface area contributed by atoms with E-state index in [-0.39, 0.29) is 5.97 Å². The molecule has 0 aromatic heterocycles. The van der Waals surface area contributed by atoms with Crippen molar-refractivity contribution in [1.29, 1.82) is 0 Å². The fourth-order valence-electron chi connectivity index (χ4n) is 1.38. The van der Waals surface area contributed by atoms with Gasteiger partial charge >= 0.3 is 5.97 Å². The Morgan fingerprint density at radius 3 is 2.47 bits per heavy atom. The largest absolute Gasteiger partial charge is 0.423 e. The van der Waals surface area contributed by atoms with Crippen LogP contribution in [0.25, 0.3) is 0 Å². The first-order valence-corrected chi connectivity index (χ1v) is 6.28. The Kier molecular flexibility index (Phi) is 3.78. The molecular formula is C14H11IO2. The molecule has 2 nitrogen and oxygen atoms in total. The summed E-state index contributed by atoms with van der Waals surface area (Å²) in [5.41, 5.74) is 1.73. The molecule has 86 valence electrons. The predicted octanol–water partition coefficient (Wildman–Crippen LogP) is 3.82. The van der Waals surface area contributed by atoms with E-state index in [1.165, 1.54) is 5.56 Å². The molecule has 0 aliphatic rings. The molecule has 0 amide bonds. The van der Waals surface area contributed by atoms with Gasteiger partial charge in [0.15, 0.2) is 0 Å². The van der Waals surface area contributed by atoms with Crippen LogP contribution in [-0.2, 0) is 0 Å². The normalized spacial score (nSPS) is 10.0. The van der Waals surface area contributed by atoms with Crippen molar-refractivity contribution in [3.63, 3.8) is 0 Å². The van der Waals surface area contributed by atoms with Crippen molar-refractivity contribution < 1.29 is 9.53 Å². The topological polar surface area (TPSA) is 26.3 Å². The number of carbonyl (C=O) groups excluding carboxylic acids is 1. The lowest BCUT2D eigenvalue weighted by atomic mass is 10.2. The van der Waals surface area contributed by atoms with E-state index in [1.54, 1.807) is 18.2 Å². The average Bonchev–Trinajstić information content (AvgIpc) is 2.35. The van der Waals surface area contributed by atoms with Crippen LogP contribution < -0.4 is 4.74 Å². The van der Waals surface area contributed by atoms with Crippen molar-refractivity contribution in [2.75, 3.05) is 0 Å². The zero-order valence-corrected chi connectivity index (χ0v) is 11.5. The minimum Gasteiger partial charge on any atom is -0.423 e. The first-order chi connectivity index (χ1) is 8.16. The highest BCUT2D eigenvalue weighted by Crippen LogP contribution is 2.19. The predicted molar refractivity (Wildman–Crippen MR) is 75.3 cm³/mol. The van der Waals surface area contributed by atoms with Gasteiger partial charge in [-0.05, 0) is 59.3 Å². The standard InChI is InChI=1S/C14H11IO2/c1-10-7-8-12(9-13(10)15)17-14(16)11-5-3-2-4-6-11/h2-9H,1H3. The monoisotopic (exact) mass is 338 g/mol. The zero-order chi connectivity index (χ0) is 12.3. The Hall–Kier alpha value is -1.36. The smallest absolute Gasteiger partial charge is 0.343 e. The summed E-state index contributed by atoms with van der Waals surface area (Å²) in [5, 5.41) is 0. The van der Waals surface area contributed by atoms with Crippen LogP contribution in [0.15, 0.2) is 48.5 Å². The third-order valence-corrected chi connectivity index (χ3v) is 3.53. The molecule has 0 aliphatic heterocycles. The maximum Gasteiger partial charge on any atom is 0.343 e. The molecule has 0 saturated carbocycles. The SMILES string of the molecule is Cc1ccc(OC(=O)c2ccccc2)cc1I. The van der Waals surface area contributed by atoms with Crippen LogP contribution in [0, 0.1) is 10.5 Å². The lowest BCUT2D eigenvalue weighted by Gasteiger charge is -2.05. The summed E-state index contributed by atoms with van der Waals surface area (Å²) in [6.45, 7) is 2.02. The molecule has 2 rings (SSSR count). The number of aryl methyl sites for hydroxylation is 1. The maximum atomic E-state index is 11.8. The molecule has 0 aliphatic carbocycles. The molecule has 0 N–H and O–H groups in total. The molecule has 17 heavy (non-hydrogen) atoms. The van der Waals surface area contributed by atoms with Crippen LogP contribution >= 0.6 is 22.6 Å². The van der Waals surface area contributed by atoms with Gasteiger partial charge in [-0.2, -0.15) is 0 Å². The number of hydrogen-bond donors (Lipinski definition) is 0. The van der Waals surface area contributed by atoms with Gasteiger partial charge in [0.1, 0.15) is 5.75 Å². The molecule has 0 atom stereocenters. The van der Waals surface area contributed by atoms with Crippen molar-refractivity contribution in [1.82, 2.24) is 0 Å². The summed E-state index contributed by atoms with van der Waals surface area (Å²) >= 11 is 2.22. The van der Waals surface area contributed by atoms with Gasteiger partial charge in [0.25, 0.3) is 0 Å². The summed E-state index contributed by atoms with van der Waals surface area (Å²) in [7, 11) is 0. The van der Waals surface area contributed by atoms with Gasteiger partial charge in [-0.15, -0.1) is 0 Å². The van der Waals surface area contributed by atoms with Crippen LogP contribution in [0.1, 0.15) is 15.9 Å². The molecule has 0 fully saturated rings. The van der Waals surface area contributed by atoms with Crippen LogP contribution in [0.2, 0.25) is 0 Å². The lowest BCUT2D eigenvalue weighted by Crippen LogP contribution is -2.08.